The Bertz CT molecular complexity index is 739. The van der Waals surface area contributed by atoms with Gasteiger partial charge in [-0.25, -0.2) is 9.11 Å². The minimum atomic E-state index is -1.52. The van der Waals surface area contributed by atoms with Gasteiger partial charge < -0.3 is 4.55 Å². The molecule has 0 spiro atoms. The number of rotatable bonds is 3. The molecule has 1 unspecified atom stereocenters. The van der Waals surface area contributed by atoms with E-state index in [9.17, 15) is 8.94 Å². The number of hydrogen-bond donors (Lipinski definition) is 1. The molecule has 3 rings (SSSR count). The molecule has 3 aromatic rings. The first-order chi connectivity index (χ1) is 9.74. The number of hydrogen-bond acceptors (Lipinski definition) is 4. The molecule has 0 aliphatic heterocycles. The average Bonchev–Trinajstić information content (AvgIpc) is 2.48. The topological polar surface area (TPSA) is 60.9 Å². The zero-order valence-electron chi connectivity index (χ0n) is 10.3. The van der Waals surface area contributed by atoms with Gasteiger partial charge in [-0.1, -0.05) is 6.07 Å². The molecule has 0 saturated carbocycles. The summed E-state index contributed by atoms with van der Waals surface area (Å²) in [5.74, 6) is -0.406. The Kier molecular flexibility index (Phi) is 3.49. The van der Waals surface area contributed by atoms with Crippen LogP contribution in [0.3, 0.4) is 0 Å². The molecule has 20 heavy (non-hydrogen) atoms. The fourth-order valence-corrected chi connectivity index (χ4v) is 2.68. The van der Waals surface area contributed by atoms with Crippen molar-refractivity contribution in [2.24, 2.45) is 0 Å². The fourth-order valence-electron chi connectivity index (χ4n) is 1.85. The van der Waals surface area contributed by atoms with E-state index in [1.165, 1.54) is 18.3 Å². The molecule has 0 bridgehead atoms. The molecule has 0 fully saturated rings. The number of pyridine rings is 2. The Morgan fingerprint density at radius 2 is 2.00 bits per heavy atom. The van der Waals surface area contributed by atoms with Gasteiger partial charge in [0.1, 0.15) is 22.9 Å². The van der Waals surface area contributed by atoms with Gasteiger partial charge in [0, 0.05) is 23.8 Å². The minimum Gasteiger partial charge on any atom is -0.588 e. The third-order valence-electron chi connectivity index (χ3n) is 2.72. The predicted octanol–water partition coefficient (Wildman–Crippen LogP) is 2.90. The zero-order valence-corrected chi connectivity index (χ0v) is 11.1. The largest absolute Gasteiger partial charge is 0.588 e. The van der Waals surface area contributed by atoms with E-state index in [-0.39, 0.29) is 0 Å². The van der Waals surface area contributed by atoms with Crippen LogP contribution in [0.1, 0.15) is 0 Å². The standard InChI is InChI=1S/C14H10FN3OS/c15-11-7-10-3-1-6-17-14(10)13(8-11)18-20(19)12-4-2-5-16-9-12/h1-9,18H. The minimum absolute atomic E-state index is 0.391. The van der Waals surface area contributed by atoms with Crippen LogP contribution in [0.15, 0.2) is 59.9 Å². The molecule has 4 nitrogen and oxygen atoms in total. The molecule has 0 radical (unpaired) electrons. The molecule has 6 heteroatoms. The lowest BCUT2D eigenvalue weighted by Crippen LogP contribution is -2.13. The van der Waals surface area contributed by atoms with Gasteiger partial charge in [-0.3, -0.25) is 9.97 Å². The Balaban J connectivity index is 1.98. The summed E-state index contributed by atoms with van der Waals surface area (Å²) >= 11 is -1.52. The van der Waals surface area contributed by atoms with Gasteiger partial charge in [0.2, 0.25) is 0 Å². The molecule has 1 aromatic carbocycles. The normalized spacial score (nSPS) is 12.3. The molecule has 1 atom stereocenters. The van der Waals surface area contributed by atoms with E-state index < -0.39 is 17.2 Å². The van der Waals surface area contributed by atoms with E-state index in [0.29, 0.717) is 21.5 Å². The van der Waals surface area contributed by atoms with Crippen LogP contribution in [0, 0.1) is 5.82 Å². The number of nitrogens with one attached hydrogen (secondary N) is 1. The lowest BCUT2D eigenvalue weighted by Gasteiger charge is -2.12. The third-order valence-corrected chi connectivity index (χ3v) is 3.80. The number of halogens is 1. The summed E-state index contributed by atoms with van der Waals surface area (Å²) < 4.78 is 28.5. The van der Waals surface area contributed by atoms with E-state index in [2.05, 4.69) is 14.7 Å². The van der Waals surface area contributed by atoms with E-state index in [0.717, 1.165) is 0 Å². The summed E-state index contributed by atoms with van der Waals surface area (Å²) in [6.45, 7) is 0. The van der Waals surface area contributed by atoms with Gasteiger partial charge in [-0.15, -0.1) is 0 Å². The SMILES string of the molecule is [O-][S+](Nc1cc(F)cc2cccnc12)c1cccnc1. The van der Waals surface area contributed by atoms with Crippen molar-refractivity contribution in [1.29, 1.82) is 0 Å². The van der Waals surface area contributed by atoms with E-state index >= 15 is 0 Å². The van der Waals surface area contributed by atoms with Gasteiger partial charge in [0.05, 0.1) is 11.7 Å². The molecule has 0 aliphatic rings. The molecule has 2 heterocycles. The van der Waals surface area contributed by atoms with Crippen LogP contribution in [-0.4, -0.2) is 14.5 Å². The second-order valence-corrected chi connectivity index (χ2v) is 5.30. The maximum atomic E-state index is 13.6. The van der Waals surface area contributed by atoms with Gasteiger partial charge in [-0.05, 0) is 24.3 Å². The van der Waals surface area contributed by atoms with Crippen LogP contribution < -0.4 is 4.72 Å². The summed E-state index contributed by atoms with van der Waals surface area (Å²) in [6, 6.07) is 9.53. The number of fused-ring (bicyclic) bond motifs is 1. The fraction of sp³-hybridized carbons (Fsp3) is 0. The van der Waals surface area contributed by atoms with Crippen molar-refractivity contribution in [3.63, 3.8) is 0 Å². The van der Waals surface area contributed by atoms with E-state index in [4.69, 9.17) is 0 Å². The van der Waals surface area contributed by atoms with Gasteiger partial charge in [-0.2, -0.15) is 0 Å². The molecule has 1 N–H and O–H groups in total. The summed E-state index contributed by atoms with van der Waals surface area (Å²) in [5, 5.41) is 0.651. The van der Waals surface area contributed by atoms with Gasteiger partial charge in [0.25, 0.3) is 0 Å². The van der Waals surface area contributed by atoms with Crippen LogP contribution in [0.25, 0.3) is 10.9 Å². The molecule has 100 valence electrons. The maximum absolute atomic E-state index is 13.6. The summed E-state index contributed by atoms with van der Waals surface area (Å²) in [7, 11) is 0. The predicted molar refractivity (Wildman–Crippen MR) is 76.0 cm³/mol. The highest BCUT2D eigenvalue weighted by molar-refractivity contribution is 7.92. The second kappa shape index (κ2) is 5.44. The van der Waals surface area contributed by atoms with E-state index in [1.807, 2.05) is 0 Å². The average molecular weight is 287 g/mol. The molecule has 2 aromatic heterocycles. The third kappa shape index (κ3) is 2.56. The molecule has 0 amide bonds. The van der Waals surface area contributed by atoms with Crippen molar-refractivity contribution < 1.29 is 8.94 Å². The Hall–Kier alpha value is -2.18. The first-order valence-electron chi connectivity index (χ1n) is 5.87. The van der Waals surface area contributed by atoms with Crippen molar-refractivity contribution in [2.75, 3.05) is 4.72 Å². The van der Waals surface area contributed by atoms with Crippen LogP contribution in [0.2, 0.25) is 0 Å². The number of nitrogens with zero attached hydrogens (tertiary/aromatic N) is 2. The monoisotopic (exact) mass is 287 g/mol. The number of benzene rings is 1. The van der Waals surface area contributed by atoms with Crippen LogP contribution in [0.5, 0.6) is 0 Å². The molecular weight excluding hydrogens is 277 g/mol. The highest BCUT2D eigenvalue weighted by atomic mass is 32.2. The quantitative estimate of drug-likeness (QED) is 0.752. The first-order valence-corrected chi connectivity index (χ1v) is 7.02. The van der Waals surface area contributed by atoms with Crippen molar-refractivity contribution >= 4 is 28.0 Å². The van der Waals surface area contributed by atoms with Crippen molar-refractivity contribution in [3.8, 4) is 0 Å². The summed E-state index contributed by atoms with van der Waals surface area (Å²) in [4.78, 5) is 8.61. The molecule has 0 aliphatic carbocycles. The lowest BCUT2D eigenvalue weighted by atomic mass is 10.2. The van der Waals surface area contributed by atoms with Gasteiger partial charge >= 0.3 is 0 Å². The van der Waals surface area contributed by atoms with Crippen LogP contribution in [-0.2, 0) is 11.4 Å². The van der Waals surface area contributed by atoms with E-state index in [1.54, 1.807) is 36.7 Å². The highest BCUT2D eigenvalue weighted by Crippen LogP contribution is 2.25. The lowest BCUT2D eigenvalue weighted by molar-refractivity contribution is 0.599. The number of aromatic nitrogens is 2. The number of anilines is 1. The Labute approximate surface area is 118 Å². The van der Waals surface area contributed by atoms with Crippen LogP contribution in [0.4, 0.5) is 10.1 Å². The second-order valence-electron chi connectivity index (χ2n) is 4.09. The van der Waals surface area contributed by atoms with Crippen LogP contribution >= 0.6 is 0 Å². The Morgan fingerprint density at radius 3 is 2.80 bits per heavy atom. The smallest absolute Gasteiger partial charge is 0.198 e. The van der Waals surface area contributed by atoms with Crippen molar-refractivity contribution in [2.45, 2.75) is 4.90 Å². The summed E-state index contributed by atoms with van der Waals surface area (Å²) in [6.07, 6.45) is 4.70. The van der Waals surface area contributed by atoms with Crippen molar-refractivity contribution in [3.05, 3.63) is 60.8 Å². The first kappa shape index (κ1) is 12.8. The summed E-state index contributed by atoms with van der Waals surface area (Å²) in [5.41, 5.74) is 0.967. The Morgan fingerprint density at radius 1 is 1.15 bits per heavy atom. The highest BCUT2D eigenvalue weighted by Gasteiger charge is 2.14. The molecule has 0 saturated heterocycles. The zero-order chi connectivity index (χ0) is 13.9. The molecular formula is C14H10FN3OS. The maximum Gasteiger partial charge on any atom is 0.198 e. The van der Waals surface area contributed by atoms with Crippen molar-refractivity contribution in [1.82, 2.24) is 9.97 Å². The van der Waals surface area contributed by atoms with Gasteiger partial charge in [0.15, 0.2) is 4.90 Å².